The van der Waals surface area contributed by atoms with E-state index in [-0.39, 0.29) is 11.8 Å². The Morgan fingerprint density at radius 3 is 2.65 bits per heavy atom. The number of carbonyl (C=O) groups is 2. The van der Waals surface area contributed by atoms with Gasteiger partial charge in [-0.3, -0.25) is 9.59 Å². The number of rotatable bonds is 4. The molecule has 6 heteroatoms. The SMILES string of the molecule is O=C(O)C1CCN(C(=O)CCn2ccc3c(Br)cccc32)CC1. The summed E-state index contributed by atoms with van der Waals surface area (Å²) in [6.07, 6.45) is 3.55. The number of carboxylic acid groups (broad SMARTS) is 1. The van der Waals surface area contributed by atoms with E-state index in [2.05, 4.69) is 20.5 Å². The van der Waals surface area contributed by atoms with Gasteiger partial charge in [0.25, 0.3) is 0 Å². The van der Waals surface area contributed by atoms with E-state index in [4.69, 9.17) is 5.11 Å². The van der Waals surface area contributed by atoms with Gasteiger partial charge in [-0.1, -0.05) is 22.0 Å². The van der Waals surface area contributed by atoms with Gasteiger partial charge in [0.1, 0.15) is 0 Å². The van der Waals surface area contributed by atoms with Crippen LogP contribution in [0, 0.1) is 5.92 Å². The van der Waals surface area contributed by atoms with Crippen LogP contribution in [0.1, 0.15) is 19.3 Å². The maximum absolute atomic E-state index is 12.3. The number of carboxylic acids is 1. The van der Waals surface area contributed by atoms with Crippen LogP contribution in [0.3, 0.4) is 0 Å². The van der Waals surface area contributed by atoms with Gasteiger partial charge in [0, 0.05) is 47.6 Å². The van der Waals surface area contributed by atoms with Crippen LogP contribution in [0.25, 0.3) is 10.9 Å². The van der Waals surface area contributed by atoms with Crippen molar-refractivity contribution in [2.45, 2.75) is 25.8 Å². The lowest BCUT2D eigenvalue weighted by atomic mass is 9.97. The molecule has 0 atom stereocenters. The normalized spacial score (nSPS) is 16.0. The van der Waals surface area contributed by atoms with Crippen LogP contribution in [0.15, 0.2) is 34.9 Å². The highest BCUT2D eigenvalue weighted by Gasteiger charge is 2.26. The van der Waals surface area contributed by atoms with Crippen LogP contribution in [0.4, 0.5) is 0 Å². The smallest absolute Gasteiger partial charge is 0.306 e. The van der Waals surface area contributed by atoms with Crippen molar-refractivity contribution in [3.8, 4) is 0 Å². The largest absolute Gasteiger partial charge is 0.481 e. The highest BCUT2D eigenvalue weighted by Crippen LogP contribution is 2.25. The maximum atomic E-state index is 12.3. The Morgan fingerprint density at radius 2 is 1.96 bits per heavy atom. The van der Waals surface area contributed by atoms with Gasteiger partial charge >= 0.3 is 5.97 Å². The van der Waals surface area contributed by atoms with Gasteiger partial charge in [0.2, 0.25) is 5.91 Å². The minimum absolute atomic E-state index is 0.102. The van der Waals surface area contributed by atoms with E-state index in [1.807, 2.05) is 30.5 Å². The van der Waals surface area contributed by atoms with E-state index >= 15 is 0 Å². The lowest BCUT2D eigenvalue weighted by molar-refractivity contribution is -0.145. The molecule has 122 valence electrons. The molecule has 5 nitrogen and oxygen atoms in total. The molecule has 0 aliphatic carbocycles. The molecule has 1 saturated heterocycles. The Kier molecular flexibility index (Phi) is 4.71. The van der Waals surface area contributed by atoms with E-state index < -0.39 is 5.97 Å². The first kappa shape index (κ1) is 16.1. The number of hydrogen-bond donors (Lipinski definition) is 1. The first-order valence-corrected chi connectivity index (χ1v) is 8.59. The first-order chi connectivity index (χ1) is 11.1. The number of carbonyl (C=O) groups excluding carboxylic acids is 1. The summed E-state index contributed by atoms with van der Waals surface area (Å²) in [7, 11) is 0. The fraction of sp³-hybridized carbons (Fsp3) is 0.412. The third-order valence-corrected chi connectivity index (χ3v) is 5.22. The Morgan fingerprint density at radius 1 is 1.22 bits per heavy atom. The van der Waals surface area contributed by atoms with E-state index in [9.17, 15) is 9.59 Å². The predicted octanol–water partition coefficient (Wildman–Crippen LogP) is 3.12. The van der Waals surface area contributed by atoms with Crippen LogP contribution in [-0.2, 0) is 16.1 Å². The number of likely N-dealkylation sites (tertiary alicyclic amines) is 1. The molecule has 0 bridgehead atoms. The zero-order valence-corrected chi connectivity index (χ0v) is 14.3. The van der Waals surface area contributed by atoms with Crippen LogP contribution < -0.4 is 0 Å². The number of fused-ring (bicyclic) bond motifs is 1. The molecule has 1 aliphatic heterocycles. The molecule has 1 fully saturated rings. The molecular weight excluding hydrogens is 360 g/mol. The predicted molar refractivity (Wildman–Crippen MR) is 91.2 cm³/mol. The number of aromatic nitrogens is 1. The number of halogens is 1. The third kappa shape index (κ3) is 3.42. The third-order valence-electron chi connectivity index (χ3n) is 4.52. The van der Waals surface area contributed by atoms with Crippen LogP contribution in [0.5, 0.6) is 0 Å². The molecular formula is C17H19BrN2O3. The van der Waals surface area contributed by atoms with Crippen molar-refractivity contribution in [3.05, 3.63) is 34.9 Å². The Balaban J connectivity index is 1.59. The average molecular weight is 379 g/mol. The van der Waals surface area contributed by atoms with Crippen molar-refractivity contribution in [1.82, 2.24) is 9.47 Å². The Hall–Kier alpha value is -1.82. The van der Waals surface area contributed by atoms with Gasteiger partial charge in [-0.15, -0.1) is 0 Å². The molecule has 3 rings (SSSR count). The number of hydrogen-bond acceptors (Lipinski definition) is 2. The summed E-state index contributed by atoms with van der Waals surface area (Å²) in [5, 5.41) is 10.1. The minimum atomic E-state index is -0.749. The topological polar surface area (TPSA) is 62.5 Å². The molecule has 0 spiro atoms. The molecule has 2 heterocycles. The minimum Gasteiger partial charge on any atom is -0.481 e. The molecule has 2 aromatic rings. The molecule has 0 radical (unpaired) electrons. The van der Waals surface area contributed by atoms with E-state index in [0.29, 0.717) is 38.9 Å². The Labute approximate surface area is 143 Å². The monoisotopic (exact) mass is 378 g/mol. The highest BCUT2D eigenvalue weighted by molar-refractivity contribution is 9.10. The number of nitrogens with zero attached hydrogens (tertiary/aromatic N) is 2. The van der Waals surface area contributed by atoms with Gasteiger partial charge in [-0.25, -0.2) is 0 Å². The standard InChI is InChI=1S/C17H19BrN2O3/c18-14-2-1-3-15-13(14)6-10-19(15)11-7-16(21)20-8-4-12(5-9-20)17(22)23/h1-3,6,10,12H,4-5,7-9,11H2,(H,22,23). The van der Waals surface area contributed by atoms with Crippen molar-refractivity contribution < 1.29 is 14.7 Å². The molecule has 0 unspecified atom stereocenters. The fourth-order valence-corrected chi connectivity index (χ4v) is 3.62. The summed E-state index contributed by atoms with van der Waals surface area (Å²) < 4.78 is 3.14. The number of amides is 1. The number of piperidine rings is 1. The van der Waals surface area contributed by atoms with Crippen molar-refractivity contribution in [2.75, 3.05) is 13.1 Å². The Bertz CT molecular complexity index is 733. The summed E-state index contributed by atoms with van der Waals surface area (Å²) in [6, 6.07) is 8.08. The van der Waals surface area contributed by atoms with E-state index in [1.54, 1.807) is 4.90 Å². The fourth-order valence-electron chi connectivity index (χ4n) is 3.13. The molecule has 0 saturated carbocycles. The maximum Gasteiger partial charge on any atom is 0.306 e. The van der Waals surface area contributed by atoms with Crippen molar-refractivity contribution in [1.29, 1.82) is 0 Å². The first-order valence-electron chi connectivity index (χ1n) is 7.80. The molecule has 1 aromatic heterocycles. The second kappa shape index (κ2) is 6.74. The quantitative estimate of drug-likeness (QED) is 0.888. The number of benzene rings is 1. The second-order valence-electron chi connectivity index (χ2n) is 5.93. The van der Waals surface area contributed by atoms with Gasteiger partial charge in [-0.05, 0) is 31.0 Å². The van der Waals surface area contributed by atoms with Crippen molar-refractivity contribution >= 4 is 38.7 Å². The summed E-state index contributed by atoms with van der Waals surface area (Å²) in [4.78, 5) is 25.1. The van der Waals surface area contributed by atoms with Crippen LogP contribution in [0.2, 0.25) is 0 Å². The highest BCUT2D eigenvalue weighted by atomic mass is 79.9. The van der Waals surface area contributed by atoms with Gasteiger partial charge in [0.05, 0.1) is 5.92 Å². The summed E-state index contributed by atoms with van der Waals surface area (Å²) in [6.45, 7) is 1.74. The van der Waals surface area contributed by atoms with Crippen LogP contribution in [-0.4, -0.2) is 39.5 Å². The summed E-state index contributed by atoms with van der Waals surface area (Å²) >= 11 is 3.53. The molecule has 23 heavy (non-hydrogen) atoms. The van der Waals surface area contributed by atoms with Crippen molar-refractivity contribution in [3.63, 3.8) is 0 Å². The number of aliphatic carboxylic acids is 1. The van der Waals surface area contributed by atoms with E-state index in [0.717, 1.165) is 15.4 Å². The number of aryl methyl sites for hydroxylation is 1. The zero-order chi connectivity index (χ0) is 16.4. The second-order valence-corrected chi connectivity index (χ2v) is 6.78. The molecule has 1 amide bonds. The summed E-state index contributed by atoms with van der Waals surface area (Å²) in [5.74, 6) is -0.947. The molecule has 1 aromatic carbocycles. The lowest BCUT2D eigenvalue weighted by Crippen LogP contribution is -2.40. The van der Waals surface area contributed by atoms with Gasteiger partial charge in [0.15, 0.2) is 0 Å². The van der Waals surface area contributed by atoms with Gasteiger partial charge in [-0.2, -0.15) is 0 Å². The van der Waals surface area contributed by atoms with Crippen molar-refractivity contribution in [2.24, 2.45) is 5.92 Å². The lowest BCUT2D eigenvalue weighted by Gasteiger charge is -2.30. The molecule has 1 aliphatic rings. The zero-order valence-electron chi connectivity index (χ0n) is 12.7. The van der Waals surface area contributed by atoms with E-state index in [1.165, 1.54) is 0 Å². The average Bonchev–Trinajstić information content (AvgIpc) is 2.97. The van der Waals surface area contributed by atoms with Crippen LogP contribution >= 0.6 is 15.9 Å². The summed E-state index contributed by atoms with van der Waals surface area (Å²) in [5.41, 5.74) is 1.11. The molecule has 1 N–H and O–H groups in total. The van der Waals surface area contributed by atoms with Gasteiger partial charge < -0.3 is 14.6 Å².